The average Bonchev–Trinajstić information content (AvgIpc) is 2.36. The highest BCUT2D eigenvalue weighted by Crippen LogP contribution is 2.14. The van der Waals surface area contributed by atoms with E-state index in [0.29, 0.717) is 0 Å². The Hall–Kier alpha value is -1.55. The van der Waals surface area contributed by atoms with Crippen LogP contribution < -0.4 is 11.1 Å². The van der Waals surface area contributed by atoms with Crippen molar-refractivity contribution in [3.8, 4) is 0 Å². The van der Waals surface area contributed by atoms with Crippen molar-refractivity contribution in [2.75, 3.05) is 18.9 Å². The summed E-state index contributed by atoms with van der Waals surface area (Å²) >= 11 is 0. The Morgan fingerprint density at radius 2 is 2.00 bits per heavy atom. The van der Waals surface area contributed by atoms with Crippen LogP contribution in [-0.4, -0.2) is 24.5 Å². The summed E-state index contributed by atoms with van der Waals surface area (Å²) in [7, 11) is 1.81. The Labute approximate surface area is 109 Å². The fraction of sp³-hybridized carbons (Fsp3) is 0.500. The third-order valence-corrected chi connectivity index (χ3v) is 2.88. The quantitative estimate of drug-likeness (QED) is 0.842. The predicted molar refractivity (Wildman–Crippen MR) is 75.6 cm³/mol. The number of amides is 2. The third kappa shape index (κ3) is 4.37. The van der Waals surface area contributed by atoms with E-state index in [9.17, 15) is 4.79 Å². The first-order chi connectivity index (χ1) is 8.54. The lowest BCUT2D eigenvalue weighted by molar-refractivity contribution is 0.222. The van der Waals surface area contributed by atoms with E-state index in [1.807, 2.05) is 31.2 Å². The standard InChI is InChI=1S/C14H23N3O/c1-4-5-10-17(3)14(18)16-13-8-6-12(7-9-13)11(2)15/h6-9,11H,4-5,10,15H2,1-3H3,(H,16,18). The monoisotopic (exact) mass is 249 g/mol. The molecule has 0 saturated heterocycles. The maximum atomic E-state index is 11.8. The van der Waals surface area contributed by atoms with Gasteiger partial charge in [0.2, 0.25) is 0 Å². The summed E-state index contributed by atoms with van der Waals surface area (Å²) in [5.74, 6) is 0. The topological polar surface area (TPSA) is 58.4 Å². The highest BCUT2D eigenvalue weighted by molar-refractivity contribution is 5.89. The van der Waals surface area contributed by atoms with Crippen molar-refractivity contribution < 1.29 is 4.79 Å². The van der Waals surface area contributed by atoms with Crippen LogP contribution in [0.1, 0.15) is 38.3 Å². The summed E-state index contributed by atoms with van der Waals surface area (Å²) in [5.41, 5.74) is 7.63. The number of urea groups is 1. The molecule has 1 aromatic carbocycles. The summed E-state index contributed by atoms with van der Waals surface area (Å²) in [4.78, 5) is 13.5. The highest BCUT2D eigenvalue weighted by Gasteiger charge is 2.08. The molecule has 0 aliphatic heterocycles. The summed E-state index contributed by atoms with van der Waals surface area (Å²) in [6.45, 7) is 4.82. The van der Waals surface area contributed by atoms with Crippen LogP contribution in [0.15, 0.2) is 24.3 Å². The van der Waals surface area contributed by atoms with E-state index in [4.69, 9.17) is 5.73 Å². The van der Waals surface area contributed by atoms with Crippen molar-refractivity contribution >= 4 is 11.7 Å². The van der Waals surface area contributed by atoms with Gasteiger partial charge in [0, 0.05) is 25.3 Å². The van der Waals surface area contributed by atoms with E-state index < -0.39 is 0 Å². The maximum Gasteiger partial charge on any atom is 0.321 e. The molecule has 4 heteroatoms. The Kier molecular flexibility index (Phi) is 5.65. The molecular weight excluding hydrogens is 226 g/mol. The number of benzene rings is 1. The van der Waals surface area contributed by atoms with E-state index in [2.05, 4.69) is 12.2 Å². The smallest absolute Gasteiger partial charge is 0.321 e. The van der Waals surface area contributed by atoms with E-state index in [1.165, 1.54) is 0 Å². The normalized spacial score (nSPS) is 12.0. The van der Waals surface area contributed by atoms with Gasteiger partial charge in [0.1, 0.15) is 0 Å². The lowest BCUT2D eigenvalue weighted by Crippen LogP contribution is -2.32. The van der Waals surface area contributed by atoms with Crippen molar-refractivity contribution in [3.63, 3.8) is 0 Å². The molecule has 0 aliphatic rings. The van der Waals surface area contributed by atoms with Gasteiger partial charge >= 0.3 is 6.03 Å². The van der Waals surface area contributed by atoms with E-state index in [-0.39, 0.29) is 12.1 Å². The minimum absolute atomic E-state index is 0.0157. The lowest BCUT2D eigenvalue weighted by atomic mass is 10.1. The van der Waals surface area contributed by atoms with Gasteiger partial charge in [-0.15, -0.1) is 0 Å². The Morgan fingerprint density at radius 1 is 1.39 bits per heavy atom. The van der Waals surface area contributed by atoms with Crippen LogP contribution in [0.2, 0.25) is 0 Å². The van der Waals surface area contributed by atoms with Gasteiger partial charge in [0.15, 0.2) is 0 Å². The van der Waals surface area contributed by atoms with Crippen LogP contribution in [0.3, 0.4) is 0 Å². The van der Waals surface area contributed by atoms with Crippen LogP contribution >= 0.6 is 0 Å². The van der Waals surface area contributed by atoms with E-state index >= 15 is 0 Å². The number of carbonyl (C=O) groups excluding carboxylic acids is 1. The van der Waals surface area contributed by atoms with Gasteiger partial charge in [-0.1, -0.05) is 25.5 Å². The van der Waals surface area contributed by atoms with E-state index in [0.717, 1.165) is 30.6 Å². The molecule has 0 bridgehead atoms. The first kappa shape index (κ1) is 14.5. The number of hydrogen-bond donors (Lipinski definition) is 2. The second-order valence-electron chi connectivity index (χ2n) is 4.62. The molecule has 4 nitrogen and oxygen atoms in total. The van der Waals surface area contributed by atoms with Gasteiger partial charge in [-0.05, 0) is 31.0 Å². The Morgan fingerprint density at radius 3 is 2.50 bits per heavy atom. The Bertz CT molecular complexity index is 373. The van der Waals surface area contributed by atoms with Crippen molar-refractivity contribution in [1.29, 1.82) is 0 Å². The molecule has 0 aliphatic carbocycles. The number of hydrogen-bond acceptors (Lipinski definition) is 2. The molecule has 1 aromatic rings. The molecule has 0 heterocycles. The lowest BCUT2D eigenvalue weighted by Gasteiger charge is -2.17. The largest absolute Gasteiger partial charge is 0.328 e. The molecule has 0 fully saturated rings. The van der Waals surface area contributed by atoms with Crippen molar-refractivity contribution in [3.05, 3.63) is 29.8 Å². The van der Waals surface area contributed by atoms with Crippen LogP contribution in [0.25, 0.3) is 0 Å². The molecule has 0 aromatic heterocycles. The first-order valence-corrected chi connectivity index (χ1v) is 6.42. The van der Waals surface area contributed by atoms with E-state index in [1.54, 1.807) is 11.9 Å². The molecule has 18 heavy (non-hydrogen) atoms. The summed E-state index contributed by atoms with van der Waals surface area (Å²) in [6, 6.07) is 7.58. The summed E-state index contributed by atoms with van der Waals surface area (Å²) in [5, 5.41) is 2.86. The van der Waals surface area contributed by atoms with Crippen molar-refractivity contribution in [2.24, 2.45) is 5.73 Å². The minimum atomic E-state index is -0.0722. The number of anilines is 1. The number of rotatable bonds is 5. The molecule has 0 radical (unpaired) electrons. The first-order valence-electron chi connectivity index (χ1n) is 6.42. The molecule has 0 spiro atoms. The van der Waals surface area contributed by atoms with Gasteiger partial charge < -0.3 is 16.0 Å². The molecule has 1 atom stereocenters. The molecule has 100 valence electrons. The number of unbranched alkanes of at least 4 members (excludes halogenated alkanes) is 1. The van der Waals surface area contributed by atoms with Gasteiger partial charge in [-0.3, -0.25) is 0 Å². The molecule has 3 N–H and O–H groups in total. The van der Waals surface area contributed by atoms with Crippen molar-refractivity contribution in [1.82, 2.24) is 4.90 Å². The van der Waals surface area contributed by atoms with Crippen LogP contribution in [0.4, 0.5) is 10.5 Å². The maximum absolute atomic E-state index is 11.8. The minimum Gasteiger partial charge on any atom is -0.328 e. The number of nitrogens with one attached hydrogen (secondary N) is 1. The van der Waals surface area contributed by atoms with Crippen molar-refractivity contribution in [2.45, 2.75) is 32.7 Å². The zero-order valence-electron chi connectivity index (χ0n) is 11.4. The zero-order chi connectivity index (χ0) is 13.5. The fourth-order valence-corrected chi connectivity index (χ4v) is 1.59. The predicted octanol–water partition coefficient (Wildman–Crippen LogP) is 2.97. The highest BCUT2D eigenvalue weighted by atomic mass is 16.2. The number of nitrogens with zero attached hydrogens (tertiary/aromatic N) is 1. The number of carbonyl (C=O) groups is 1. The van der Waals surface area contributed by atoms with Crippen LogP contribution in [-0.2, 0) is 0 Å². The van der Waals surface area contributed by atoms with Gasteiger partial charge in [0.05, 0.1) is 0 Å². The zero-order valence-corrected chi connectivity index (χ0v) is 11.4. The number of nitrogens with two attached hydrogens (primary N) is 1. The van der Waals surface area contributed by atoms with Gasteiger partial charge in [-0.2, -0.15) is 0 Å². The van der Waals surface area contributed by atoms with Crippen LogP contribution in [0.5, 0.6) is 0 Å². The summed E-state index contributed by atoms with van der Waals surface area (Å²) in [6.07, 6.45) is 2.11. The van der Waals surface area contributed by atoms with Gasteiger partial charge in [0.25, 0.3) is 0 Å². The SMILES string of the molecule is CCCCN(C)C(=O)Nc1ccc(C(C)N)cc1. The Balaban J connectivity index is 2.53. The molecule has 2 amide bonds. The van der Waals surface area contributed by atoms with Crippen LogP contribution in [0, 0.1) is 0 Å². The fourth-order valence-electron chi connectivity index (χ4n) is 1.59. The second kappa shape index (κ2) is 7.01. The van der Waals surface area contributed by atoms with Gasteiger partial charge in [-0.25, -0.2) is 4.79 Å². The average molecular weight is 249 g/mol. The third-order valence-electron chi connectivity index (χ3n) is 2.88. The summed E-state index contributed by atoms with van der Waals surface area (Å²) < 4.78 is 0. The molecule has 1 unspecified atom stereocenters. The molecule has 1 rings (SSSR count). The second-order valence-corrected chi connectivity index (χ2v) is 4.62. The molecular formula is C14H23N3O. The molecule has 0 saturated carbocycles.